The average Bonchev–Trinajstić information content (AvgIpc) is 2.32. The van der Waals surface area contributed by atoms with Gasteiger partial charge in [-0.3, -0.25) is 4.79 Å². The van der Waals surface area contributed by atoms with Gasteiger partial charge in [0.15, 0.2) is 0 Å². The van der Waals surface area contributed by atoms with Crippen molar-refractivity contribution in [1.82, 2.24) is 4.90 Å². The fourth-order valence-corrected chi connectivity index (χ4v) is 2.10. The van der Waals surface area contributed by atoms with Crippen LogP contribution in [0.15, 0.2) is 24.3 Å². The van der Waals surface area contributed by atoms with Crippen molar-refractivity contribution in [3.63, 3.8) is 0 Å². The molecule has 0 saturated carbocycles. The van der Waals surface area contributed by atoms with Gasteiger partial charge in [-0.25, -0.2) is 0 Å². The number of amides is 1. The number of carbonyl (C=O) groups excluding carboxylic acids is 1. The van der Waals surface area contributed by atoms with Crippen LogP contribution in [0.1, 0.15) is 18.4 Å². The summed E-state index contributed by atoms with van der Waals surface area (Å²) in [7, 11) is 0. The maximum absolute atomic E-state index is 12.0. The molecule has 3 N–H and O–H groups in total. The summed E-state index contributed by atoms with van der Waals surface area (Å²) >= 11 is 0. The van der Waals surface area contributed by atoms with Crippen molar-refractivity contribution >= 4 is 11.6 Å². The molecular weight excluding hydrogens is 216 g/mol. The second kappa shape index (κ2) is 5.19. The summed E-state index contributed by atoms with van der Waals surface area (Å²) in [5.41, 5.74) is 7.26. The van der Waals surface area contributed by atoms with Crippen molar-refractivity contribution in [2.45, 2.75) is 25.4 Å². The van der Waals surface area contributed by atoms with Crippen molar-refractivity contribution in [1.29, 1.82) is 0 Å². The third-order valence-electron chi connectivity index (χ3n) is 3.08. The molecule has 92 valence electrons. The summed E-state index contributed by atoms with van der Waals surface area (Å²) in [4.78, 5) is 13.7. The van der Waals surface area contributed by atoms with Gasteiger partial charge in [0.1, 0.15) is 0 Å². The molecule has 0 aliphatic carbocycles. The number of hydrogen-bond donors (Lipinski definition) is 2. The first-order valence-corrected chi connectivity index (χ1v) is 5.95. The van der Waals surface area contributed by atoms with Crippen molar-refractivity contribution in [3.05, 3.63) is 29.8 Å². The van der Waals surface area contributed by atoms with Crippen LogP contribution in [0.25, 0.3) is 0 Å². The Labute approximate surface area is 101 Å². The van der Waals surface area contributed by atoms with E-state index in [2.05, 4.69) is 0 Å². The number of aliphatic hydroxyl groups excluding tert-OH is 1. The van der Waals surface area contributed by atoms with Gasteiger partial charge in [0, 0.05) is 18.8 Å². The molecule has 1 fully saturated rings. The molecule has 4 nitrogen and oxygen atoms in total. The summed E-state index contributed by atoms with van der Waals surface area (Å²) in [5.74, 6) is 0.0773. The number of piperidine rings is 1. The van der Waals surface area contributed by atoms with Gasteiger partial charge in [-0.1, -0.05) is 12.1 Å². The summed E-state index contributed by atoms with van der Waals surface area (Å²) < 4.78 is 0. The monoisotopic (exact) mass is 234 g/mol. The Kier molecular flexibility index (Phi) is 3.64. The van der Waals surface area contributed by atoms with E-state index in [4.69, 9.17) is 5.73 Å². The van der Waals surface area contributed by atoms with Crippen LogP contribution in [0.2, 0.25) is 0 Å². The molecule has 1 aliphatic rings. The van der Waals surface area contributed by atoms with Gasteiger partial charge in [-0.05, 0) is 30.5 Å². The first kappa shape index (κ1) is 11.9. The highest BCUT2D eigenvalue weighted by molar-refractivity contribution is 5.79. The molecule has 0 spiro atoms. The van der Waals surface area contributed by atoms with E-state index in [9.17, 15) is 9.90 Å². The minimum atomic E-state index is -0.362. The van der Waals surface area contributed by atoms with E-state index in [1.165, 1.54) is 0 Å². The van der Waals surface area contributed by atoms with E-state index in [0.29, 0.717) is 18.7 Å². The van der Waals surface area contributed by atoms with Crippen LogP contribution in [-0.2, 0) is 11.2 Å². The van der Waals surface area contributed by atoms with Gasteiger partial charge in [0.2, 0.25) is 5.91 Å². The van der Waals surface area contributed by atoms with Gasteiger partial charge in [0.25, 0.3) is 0 Å². The number of nitrogens with two attached hydrogens (primary N) is 1. The number of likely N-dealkylation sites (tertiary alicyclic amines) is 1. The van der Waals surface area contributed by atoms with Crippen molar-refractivity contribution < 1.29 is 9.90 Å². The van der Waals surface area contributed by atoms with Crippen LogP contribution in [0.3, 0.4) is 0 Å². The first-order chi connectivity index (χ1) is 8.15. The van der Waals surface area contributed by atoms with E-state index in [1.54, 1.807) is 17.0 Å². The Bertz CT molecular complexity index is 389. The topological polar surface area (TPSA) is 66.6 Å². The predicted molar refractivity (Wildman–Crippen MR) is 66.4 cm³/mol. The largest absolute Gasteiger partial charge is 0.399 e. The van der Waals surface area contributed by atoms with E-state index >= 15 is 0 Å². The Balaban J connectivity index is 1.94. The van der Waals surface area contributed by atoms with Crippen molar-refractivity contribution in [3.8, 4) is 0 Å². The molecule has 1 atom stereocenters. The fourth-order valence-electron chi connectivity index (χ4n) is 2.10. The van der Waals surface area contributed by atoms with Crippen molar-refractivity contribution in [2.75, 3.05) is 18.8 Å². The van der Waals surface area contributed by atoms with Gasteiger partial charge in [-0.2, -0.15) is 0 Å². The Morgan fingerprint density at radius 3 is 2.76 bits per heavy atom. The van der Waals surface area contributed by atoms with E-state index in [0.717, 1.165) is 24.9 Å². The normalized spacial score (nSPS) is 20.3. The third-order valence-corrected chi connectivity index (χ3v) is 3.08. The lowest BCUT2D eigenvalue weighted by Gasteiger charge is -2.30. The molecule has 1 saturated heterocycles. The van der Waals surface area contributed by atoms with E-state index in [1.807, 2.05) is 12.1 Å². The molecule has 0 unspecified atom stereocenters. The van der Waals surface area contributed by atoms with Crippen LogP contribution in [0.4, 0.5) is 5.69 Å². The van der Waals surface area contributed by atoms with Crippen LogP contribution in [0.5, 0.6) is 0 Å². The highest BCUT2D eigenvalue weighted by Gasteiger charge is 2.21. The van der Waals surface area contributed by atoms with Crippen LogP contribution in [0, 0.1) is 0 Å². The lowest BCUT2D eigenvalue weighted by molar-refractivity contribution is -0.133. The first-order valence-electron chi connectivity index (χ1n) is 5.95. The van der Waals surface area contributed by atoms with Gasteiger partial charge in [0.05, 0.1) is 12.5 Å². The SMILES string of the molecule is Nc1ccc(CC(=O)N2CCC[C@H](O)C2)cc1. The minimum Gasteiger partial charge on any atom is -0.399 e. The Morgan fingerprint density at radius 1 is 1.41 bits per heavy atom. The molecule has 4 heteroatoms. The summed E-state index contributed by atoms with van der Waals surface area (Å²) in [6, 6.07) is 7.34. The number of benzene rings is 1. The average molecular weight is 234 g/mol. The number of rotatable bonds is 2. The smallest absolute Gasteiger partial charge is 0.227 e. The number of nitrogens with zero attached hydrogens (tertiary/aromatic N) is 1. The zero-order chi connectivity index (χ0) is 12.3. The molecule has 1 aliphatic heterocycles. The van der Waals surface area contributed by atoms with Gasteiger partial charge < -0.3 is 15.7 Å². The lowest BCUT2D eigenvalue weighted by atomic mass is 10.1. The number of nitrogen functional groups attached to an aromatic ring is 1. The molecule has 1 aromatic carbocycles. The van der Waals surface area contributed by atoms with Crippen LogP contribution >= 0.6 is 0 Å². The second-order valence-electron chi connectivity index (χ2n) is 4.55. The molecular formula is C13H18N2O2. The number of β-amino-alcohol motifs (C(OH)–C–C–N with tert-alkyl or cyclic N) is 1. The van der Waals surface area contributed by atoms with E-state index < -0.39 is 0 Å². The number of anilines is 1. The van der Waals surface area contributed by atoms with Crippen molar-refractivity contribution in [2.24, 2.45) is 0 Å². The minimum absolute atomic E-state index is 0.0773. The molecule has 1 heterocycles. The fraction of sp³-hybridized carbons (Fsp3) is 0.462. The Hall–Kier alpha value is -1.55. The van der Waals surface area contributed by atoms with E-state index in [-0.39, 0.29) is 12.0 Å². The van der Waals surface area contributed by atoms with Gasteiger partial charge >= 0.3 is 0 Å². The maximum atomic E-state index is 12.0. The van der Waals surface area contributed by atoms with Crippen LogP contribution in [-0.4, -0.2) is 35.1 Å². The molecule has 0 radical (unpaired) electrons. The zero-order valence-corrected chi connectivity index (χ0v) is 9.80. The Morgan fingerprint density at radius 2 is 2.12 bits per heavy atom. The molecule has 1 aromatic rings. The number of aliphatic hydroxyl groups is 1. The predicted octanol–water partition coefficient (Wildman–Crippen LogP) is 0.795. The molecule has 0 bridgehead atoms. The second-order valence-corrected chi connectivity index (χ2v) is 4.55. The molecule has 2 rings (SSSR count). The summed E-state index contributed by atoms with van der Waals surface area (Å²) in [5, 5.41) is 9.52. The summed E-state index contributed by atoms with van der Waals surface area (Å²) in [6.07, 6.45) is 1.70. The third kappa shape index (κ3) is 3.20. The van der Waals surface area contributed by atoms with Crippen LogP contribution < -0.4 is 5.73 Å². The number of carbonyl (C=O) groups is 1. The highest BCUT2D eigenvalue weighted by atomic mass is 16.3. The summed E-state index contributed by atoms with van der Waals surface area (Å²) in [6.45, 7) is 1.22. The molecule has 1 amide bonds. The molecule has 17 heavy (non-hydrogen) atoms. The highest BCUT2D eigenvalue weighted by Crippen LogP contribution is 2.13. The zero-order valence-electron chi connectivity index (χ0n) is 9.80. The van der Waals surface area contributed by atoms with Gasteiger partial charge in [-0.15, -0.1) is 0 Å². The quantitative estimate of drug-likeness (QED) is 0.744. The number of hydrogen-bond acceptors (Lipinski definition) is 3. The standard InChI is InChI=1S/C13H18N2O2/c14-11-5-3-10(4-6-11)8-13(17)15-7-1-2-12(16)9-15/h3-6,12,16H,1-2,7-9,14H2/t12-/m0/s1. The lowest BCUT2D eigenvalue weighted by Crippen LogP contribution is -2.42. The molecule has 0 aromatic heterocycles. The maximum Gasteiger partial charge on any atom is 0.227 e.